The quantitative estimate of drug-likeness (QED) is 0.678. The smallest absolute Gasteiger partial charge is 0.0446 e. The largest absolute Gasteiger partial charge is 0.396 e. The first-order chi connectivity index (χ1) is 8.21. The van der Waals surface area contributed by atoms with E-state index >= 15 is 0 Å². The molecule has 0 aromatic heterocycles. The van der Waals surface area contributed by atoms with Crippen LogP contribution >= 0.6 is 0 Å². The topological polar surface area (TPSA) is 38.7 Å². The summed E-state index contributed by atoms with van der Waals surface area (Å²) in [6, 6.07) is 1.14. The van der Waals surface area contributed by atoms with Gasteiger partial charge in [0.1, 0.15) is 0 Å². The number of hydrogen-bond acceptors (Lipinski definition) is 4. The summed E-state index contributed by atoms with van der Waals surface area (Å²) >= 11 is 0. The maximum atomic E-state index is 8.98. The molecule has 0 aromatic carbocycles. The minimum absolute atomic E-state index is 0.276. The molecule has 4 nitrogen and oxygen atoms in total. The van der Waals surface area contributed by atoms with Gasteiger partial charge in [0, 0.05) is 51.4 Å². The normalized spacial score (nSPS) is 22.6. The molecule has 0 saturated carbocycles. The number of piperazine rings is 1. The Hall–Kier alpha value is -0.160. The monoisotopic (exact) mass is 243 g/mol. The van der Waals surface area contributed by atoms with Gasteiger partial charge in [-0.25, -0.2) is 0 Å². The summed E-state index contributed by atoms with van der Waals surface area (Å²) in [6.45, 7) is 10.6. The van der Waals surface area contributed by atoms with Gasteiger partial charge in [-0.15, -0.1) is 0 Å². The molecular weight excluding hydrogens is 214 g/mol. The predicted molar refractivity (Wildman–Crippen MR) is 72.3 cm³/mol. The fourth-order valence-electron chi connectivity index (χ4n) is 2.44. The van der Waals surface area contributed by atoms with Gasteiger partial charge in [-0.3, -0.25) is 9.80 Å². The summed E-state index contributed by atoms with van der Waals surface area (Å²) in [6.07, 6.45) is 2.09. The Morgan fingerprint density at radius 3 is 2.35 bits per heavy atom. The van der Waals surface area contributed by atoms with E-state index < -0.39 is 0 Å². The Morgan fingerprint density at radius 1 is 1.24 bits per heavy atom. The molecule has 4 heteroatoms. The van der Waals surface area contributed by atoms with Gasteiger partial charge in [0.15, 0.2) is 0 Å². The first-order valence-electron chi connectivity index (χ1n) is 6.95. The molecule has 102 valence electrons. The first-order valence-corrected chi connectivity index (χ1v) is 6.95. The highest BCUT2D eigenvalue weighted by Crippen LogP contribution is 2.09. The van der Waals surface area contributed by atoms with Crippen LogP contribution in [0.5, 0.6) is 0 Å². The Labute approximate surface area is 106 Å². The third-order valence-electron chi connectivity index (χ3n) is 3.99. The van der Waals surface area contributed by atoms with Crippen LogP contribution in [0.1, 0.15) is 26.7 Å². The third-order valence-corrected chi connectivity index (χ3v) is 3.99. The number of rotatable bonds is 7. The van der Waals surface area contributed by atoms with Crippen LogP contribution in [0.25, 0.3) is 0 Å². The van der Waals surface area contributed by atoms with Crippen molar-refractivity contribution in [3.05, 3.63) is 0 Å². The molecule has 0 aromatic rings. The molecule has 0 amide bonds. The van der Waals surface area contributed by atoms with Crippen molar-refractivity contribution in [1.82, 2.24) is 15.1 Å². The van der Waals surface area contributed by atoms with Gasteiger partial charge in [-0.05, 0) is 26.8 Å². The molecular formula is C13H29N3O. The summed E-state index contributed by atoms with van der Waals surface area (Å²) in [5, 5.41) is 12.3. The van der Waals surface area contributed by atoms with Crippen molar-refractivity contribution in [3.63, 3.8) is 0 Å². The molecule has 1 saturated heterocycles. The molecule has 0 aliphatic carbocycles. The predicted octanol–water partition coefficient (Wildman–Crippen LogP) is 0.373. The van der Waals surface area contributed by atoms with Crippen LogP contribution < -0.4 is 5.32 Å². The highest BCUT2D eigenvalue weighted by molar-refractivity contribution is 4.78. The number of aliphatic hydroxyl groups excluding tert-OH is 1. The summed E-state index contributed by atoms with van der Waals surface area (Å²) in [5.41, 5.74) is 0. The van der Waals surface area contributed by atoms with E-state index in [1.54, 1.807) is 0 Å². The number of nitrogens with one attached hydrogen (secondary N) is 1. The van der Waals surface area contributed by atoms with Crippen molar-refractivity contribution in [2.45, 2.75) is 38.8 Å². The van der Waals surface area contributed by atoms with Crippen molar-refractivity contribution in [2.24, 2.45) is 0 Å². The highest BCUT2D eigenvalue weighted by Gasteiger charge is 2.21. The molecule has 2 unspecified atom stereocenters. The van der Waals surface area contributed by atoms with E-state index in [9.17, 15) is 0 Å². The van der Waals surface area contributed by atoms with E-state index in [2.05, 4.69) is 29.0 Å². The molecule has 2 N–H and O–H groups in total. The number of hydrogen-bond donors (Lipinski definition) is 2. The second-order valence-electron chi connectivity index (χ2n) is 5.09. The van der Waals surface area contributed by atoms with E-state index in [1.807, 2.05) is 7.05 Å². The van der Waals surface area contributed by atoms with Crippen LogP contribution in [0.3, 0.4) is 0 Å². The molecule has 1 aliphatic heterocycles. The second kappa shape index (κ2) is 8.03. The average Bonchev–Trinajstić information content (AvgIpc) is 2.38. The maximum Gasteiger partial charge on any atom is 0.0446 e. The van der Waals surface area contributed by atoms with Gasteiger partial charge in [0.05, 0.1) is 0 Å². The van der Waals surface area contributed by atoms with Gasteiger partial charge in [0.2, 0.25) is 0 Å². The van der Waals surface area contributed by atoms with Gasteiger partial charge < -0.3 is 10.4 Å². The van der Waals surface area contributed by atoms with Crippen LogP contribution in [0.15, 0.2) is 0 Å². The average molecular weight is 243 g/mol. The van der Waals surface area contributed by atoms with Gasteiger partial charge in [-0.1, -0.05) is 6.92 Å². The minimum Gasteiger partial charge on any atom is -0.396 e. The van der Waals surface area contributed by atoms with E-state index in [0.717, 1.165) is 32.1 Å². The molecule has 1 rings (SSSR count). The molecule has 1 heterocycles. The van der Waals surface area contributed by atoms with Crippen molar-refractivity contribution < 1.29 is 5.11 Å². The maximum absolute atomic E-state index is 8.98. The zero-order valence-electron chi connectivity index (χ0n) is 11.7. The molecule has 17 heavy (non-hydrogen) atoms. The fourth-order valence-corrected chi connectivity index (χ4v) is 2.44. The van der Waals surface area contributed by atoms with Crippen LogP contribution in [-0.4, -0.2) is 73.4 Å². The first kappa shape index (κ1) is 14.9. The van der Waals surface area contributed by atoms with Crippen molar-refractivity contribution in [3.8, 4) is 0 Å². The van der Waals surface area contributed by atoms with Crippen LogP contribution in [-0.2, 0) is 0 Å². The Kier molecular flexibility index (Phi) is 7.04. The van der Waals surface area contributed by atoms with E-state index in [4.69, 9.17) is 5.11 Å². The Bertz CT molecular complexity index is 193. The number of aliphatic hydroxyl groups is 1. The molecule has 0 radical (unpaired) electrons. The highest BCUT2D eigenvalue weighted by atomic mass is 16.3. The second-order valence-corrected chi connectivity index (χ2v) is 5.09. The Morgan fingerprint density at radius 2 is 1.88 bits per heavy atom. The van der Waals surface area contributed by atoms with E-state index in [1.165, 1.54) is 19.5 Å². The summed E-state index contributed by atoms with van der Waals surface area (Å²) in [7, 11) is 1.98. The fraction of sp³-hybridized carbons (Fsp3) is 1.00. The van der Waals surface area contributed by atoms with Crippen molar-refractivity contribution in [2.75, 3.05) is 46.4 Å². The van der Waals surface area contributed by atoms with Crippen molar-refractivity contribution in [1.29, 1.82) is 0 Å². The zero-order valence-corrected chi connectivity index (χ0v) is 11.7. The summed E-state index contributed by atoms with van der Waals surface area (Å²) < 4.78 is 0. The van der Waals surface area contributed by atoms with E-state index in [0.29, 0.717) is 6.04 Å². The lowest BCUT2D eigenvalue weighted by atomic mass is 10.1. The molecule has 2 atom stereocenters. The standard InChI is InChI=1S/C13H29N3O/c1-4-12(2)16-8-6-15(7-9-16)11-13(14-3)5-10-17/h12-14,17H,4-11H2,1-3H3. The van der Waals surface area contributed by atoms with Crippen molar-refractivity contribution >= 4 is 0 Å². The molecule has 1 aliphatic rings. The van der Waals surface area contributed by atoms with Crippen LogP contribution in [0.2, 0.25) is 0 Å². The molecule has 0 spiro atoms. The summed E-state index contributed by atoms with van der Waals surface area (Å²) in [4.78, 5) is 5.09. The number of nitrogens with zero attached hydrogens (tertiary/aromatic N) is 2. The zero-order chi connectivity index (χ0) is 12.7. The van der Waals surface area contributed by atoms with Gasteiger partial charge >= 0.3 is 0 Å². The van der Waals surface area contributed by atoms with Gasteiger partial charge in [-0.2, -0.15) is 0 Å². The molecule has 0 bridgehead atoms. The van der Waals surface area contributed by atoms with E-state index in [-0.39, 0.29) is 6.61 Å². The Balaban J connectivity index is 2.26. The lowest BCUT2D eigenvalue weighted by Gasteiger charge is -2.39. The third kappa shape index (κ3) is 4.92. The van der Waals surface area contributed by atoms with Crippen LogP contribution in [0.4, 0.5) is 0 Å². The lowest BCUT2D eigenvalue weighted by Crippen LogP contribution is -2.52. The SMILES string of the molecule is CCC(C)N1CCN(CC(CCO)NC)CC1. The molecule has 1 fully saturated rings. The minimum atomic E-state index is 0.276. The summed E-state index contributed by atoms with van der Waals surface area (Å²) in [5.74, 6) is 0. The number of likely N-dealkylation sites (N-methyl/N-ethyl adjacent to an activating group) is 1. The lowest BCUT2D eigenvalue weighted by molar-refractivity contribution is 0.0918. The van der Waals surface area contributed by atoms with Gasteiger partial charge in [0.25, 0.3) is 0 Å². The van der Waals surface area contributed by atoms with Crippen LogP contribution in [0, 0.1) is 0 Å².